The minimum absolute atomic E-state index is 0.0668. The Kier molecular flexibility index (Phi) is 4.83. The molecule has 1 saturated heterocycles. The highest BCUT2D eigenvalue weighted by atomic mass is 16.2. The lowest BCUT2D eigenvalue weighted by Gasteiger charge is -2.14. The van der Waals surface area contributed by atoms with E-state index < -0.39 is 6.04 Å². The zero-order chi connectivity index (χ0) is 16.9. The third-order valence-corrected chi connectivity index (χ3v) is 3.92. The van der Waals surface area contributed by atoms with Gasteiger partial charge in [-0.05, 0) is 31.4 Å². The summed E-state index contributed by atoms with van der Waals surface area (Å²) in [5.41, 5.74) is 1.99. The van der Waals surface area contributed by atoms with E-state index in [9.17, 15) is 9.59 Å². The second kappa shape index (κ2) is 7.20. The van der Waals surface area contributed by atoms with Crippen LogP contribution >= 0.6 is 0 Å². The Morgan fingerprint density at radius 1 is 1.33 bits per heavy atom. The van der Waals surface area contributed by atoms with Gasteiger partial charge in [-0.1, -0.05) is 29.8 Å². The van der Waals surface area contributed by atoms with Crippen molar-refractivity contribution in [3.63, 3.8) is 0 Å². The van der Waals surface area contributed by atoms with Gasteiger partial charge in [-0.2, -0.15) is 4.80 Å². The van der Waals surface area contributed by atoms with Crippen LogP contribution in [0.5, 0.6) is 0 Å². The summed E-state index contributed by atoms with van der Waals surface area (Å²) in [6.45, 7) is 2.60. The van der Waals surface area contributed by atoms with Gasteiger partial charge in [0, 0.05) is 12.1 Å². The molecule has 0 saturated carbocycles. The quantitative estimate of drug-likeness (QED) is 0.847. The molecule has 3 rings (SSSR count). The fourth-order valence-corrected chi connectivity index (χ4v) is 2.57. The van der Waals surface area contributed by atoms with Crippen LogP contribution < -0.4 is 10.6 Å². The summed E-state index contributed by atoms with van der Waals surface area (Å²) in [5, 5.41) is 17.6. The molecule has 0 unspecified atom stereocenters. The number of tetrazole rings is 1. The number of benzene rings is 1. The number of nitrogens with one attached hydrogen (secondary N) is 2. The first-order chi connectivity index (χ1) is 11.6. The standard InChI is InChI=1S/C16H20N6O2/c1-11-5-7-12(8-6-11)15-19-21-22(20-15)10-14(23)18-13-4-2-3-9-17-16(13)24/h5-8,13H,2-4,9-10H2,1H3,(H,17,24)(H,18,23)/t13-/m1/s1. The summed E-state index contributed by atoms with van der Waals surface area (Å²) in [7, 11) is 0. The van der Waals surface area contributed by atoms with Gasteiger partial charge in [-0.15, -0.1) is 10.2 Å². The fraction of sp³-hybridized carbons (Fsp3) is 0.438. The summed E-state index contributed by atoms with van der Waals surface area (Å²) in [4.78, 5) is 25.2. The first kappa shape index (κ1) is 16.1. The molecule has 8 heteroatoms. The number of hydrogen-bond donors (Lipinski definition) is 2. The summed E-state index contributed by atoms with van der Waals surface area (Å²) in [6, 6.07) is 7.26. The normalized spacial score (nSPS) is 17.9. The van der Waals surface area contributed by atoms with Gasteiger partial charge in [-0.25, -0.2) is 0 Å². The number of rotatable bonds is 4. The predicted octanol–water partition coefficient (Wildman–Crippen LogP) is 0.433. The van der Waals surface area contributed by atoms with Gasteiger partial charge in [0.05, 0.1) is 0 Å². The summed E-state index contributed by atoms with van der Waals surface area (Å²) < 4.78 is 0. The van der Waals surface area contributed by atoms with E-state index in [0.29, 0.717) is 18.8 Å². The first-order valence-electron chi connectivity index (χ1n) is 8.04. The molecule has 126 valence electrons. The minimum Gasteiger partial charge on any atom is -0.354 e. The fourth-order valence-electron chi connectivity index (χ4n) is 2.57. The predicted molar refractivity (Wildman–Crippen MR) is 86.8 cm³/mol. The lowest BCUT2D eigenvalue weighted by molar-refractivity contribution is -0.129. The molecule has 0 spiro atoms. The molecule has 1 aliphatic heterocycles. The Balaban J connectivity index is 1.60. The van der Waals surface area contributed by atoms with Crippen molar-refractivity contribution in [1.29, 1.82) is 0 Å². The molecule has 2 amide bonds. The summed E-state index contributed by atoms with van der Waals surface area (Å²) >= 11 is 0. The van der Waals surface area contributed by atoms with Crippen molar-refractivity contribution in [2.24, 2.45) is 0 Å². The first-order valence-corrected chi connectivity index (χ1v) is 8.04. The van der Waals surface area contributed by atoms with Crippen molar-refractivity contribution in [3.05, 3.63) is 29.8 Å². The summed E-state index contributed by atoms with van der Waals surface area (Å²) in [6.07, 6.45) is 2.49. The molecule has 1 aromatic heterocycles. The molecule has 2 N–H and O–H groups in total. The number of carbonyl (C=O) groups is 2. The van der Waals surface area contributed by atoms with E-state index in [-0.39, 0.29) is 18.4 Å². The van der Waals surface area contributed by atoms with Crippen LogP contribution in [0.1, 0.15) is 24.8 Å². The largest absolute Gasteiger partial charge is 0.354 e. The Morgan fingerprint density at radius 2 is 2.12 bits per heavy atom. The van der Waals surface area contributed by atoms with Crippen LogP contribution in [0.2, 0.25) is 0 Å². The summed E-state index contributed by atoms with van der Waals surface area (Å²) in [5.74, 6) is 0.0349. The number of amides is 2. The lowest BCUT2D eigenvalue weighted by atomic mass is 10.1. The molecule has 0 aliphatic carbocycles. The Labute approximate surface area is 139 Å². The average molecular weight is 328 g/mol. The van der Waals surface area contributed by atoms with Gasteiger partial charge < -0.3 is 10.6 Å². The molecular formula is C16H20N6O2. The van der Waals surface area contributed by atoms with Crippen molar-refractivity contribution >= 4 is 11.8 Å². The zero-order valence-corrected chi connectivity index (χ0v) is 13.5. The number of aromatic nitrogens is 4. The Bertz CT molecular complexity index is 724. The van der Waals surface area contributed by atoms with E-state index in [1.165, 1.54) is 4.80 Å². The van der Waals surface area contributed by atoms with E-state index in [1.54, 1.807) is 0 Å². The SMILES string of the molecule is Cc1ccc(-c2nnn(CC(=O)N[C@@H]3CCCCNC3=O)n2)cc1. The molecule has 1 fully saturated rings. The second-order valence-corrected chi connectivity index (χ2v) is 5.92. The van der Waals surface area contributed by atoms with E-state index in [0.717, 1.165) is 24.0 Å². The maximum Gasteiger partial charge on any atom is 0.244 e. The molecule has 1 aromatic carbocycles. The molecule has 1 aliphatic rings. The number of nitrogens with zero attached hydrogens (tertiary/aromatic N) is 4. The topological polar surface area (TPSA) is 102 Å². The highest BCUT2D eigenvalue weighted by Crippen LogP contribution is 2.13. The van der Waals surface area contributed by atoms with Gasteiger partial charge in [0.1, 0.15) is 12.6 Å². The maximum absolute atomic E-state index is 12.1. The van der Waals surface area contributed by atoms with Crippen molar-refractivity contribution in [1.82, 2.24) is 30.8 Å². The second-order valence-electron chi connectivity index (χ2n) is 5.92. The van der Waals surface area contributed by atoms with E-state index in [2.05, 4.69) is 26.0 Å². The van der Waals surface area contributed by atoms with Crippen LogP contribution in [0.4, 0.5) is 0 Å². The highest BCUT2D eigenvalue weighted by Gasteiger charge is 2.22. The van der Waals surface area contributed by atoms with Crippen LogP contribution in [0.3, 0.4) is 0 Å². The monoisotopic (exact) mass is 328 g/mol. The van der Waals surface area contributed by atoms with E-state index in [4.69, 9.17) is 0 Å². The number of carbonyl (C=O) groups excluding carboxylic acids is 2. The van der Waals surface area contributed by atoms with E-state index in [1.807, 2.05) is 31.2 Å². The molecule has 2 heterocycles. The Hall–Kier alpha value is -2.77. The average Bonchev–Trinajstić information content (AvgIpc) is 2.93. The van der Waals surface area contributed by atoms with Crippen LogP contribution in [0.15, 0.2) is 24.3 Å². The third-order valence-electron chi connectivity index (χ3n) is 3.92. The van der Waals surface area contributed by atoms with Crippen molar-refractivity contribution in [3.8, 4) is 11.4 Å². The molecule has 0 radical (unpaired) electrons. The molecule has 8 nitrogen and oxygen atoms in total. The number of hydrogen-bond acceptors (Lipinski definition) is 5. The lowest BCUT2D eigenvalue weighted by Crippen LogP contribution is -2.46. The molecular weight excluding hydrogens is 308 g/mol. The smallest absolute Gasteiger partial charge is 0.244 e. The van der Waals surface area contributed by atoms with Crippen molar-refractivity contribution < 1.29 is 9.59 Å². The van der Waals surface area contributed by atoms with Gasteiger partial charge in [0.15, 0.2) is 0 Å². The third kappa shape index (κ3) is 3.95. The minimum atomic E-state index is -0.486. The van der Waals surface area contributed by atoms with Gasteiger partial charge in [0.25, 0.3) is 0 Å². The Morgan fingerprint density at radius 3 is 2.92 bits per heavy atom. The molecule has 2 aromatic rings. The highest BCUT2D eigenvalue weighted by molar-refractivity contribution is 5.87. The number of aryl methyl sites for hydroxylation is 1. The van der Waals surface area contributed by atoms with Crippen molar-refractivity contribution in [2.75, 3.05) is 6.54 Å². The molecule has 0 bridgehead atoms. The maximum atomic E-state index is 12.1. The van der Waals surface area contributed by atoms with E-state index >= 15 is 0 Å². The zero-order valence-electron chi connectivity index (χ0n) is 13.5. The van der Waals surface area contributed by atoms with Crippen LogP contribution in [-0.4, -0.2) is 44.6 Å². The van der Waals surface area contributed by atoms with Gasteiger partial charge >= 0.3 is 0 Å². The molecule has 1 atom stereocenters. The van der Waals surface area contributed by atoms with Gasteiger partial charge in [-0.3, -0.25) is 9.59 Å². The van der Waals surface area contributed by atoms with Crippen LogP contribution in [0, 0.1) is 6.92 Å². The van der Waals surface area contributed by atoms with Crippen molar-refractivity contribution in [2.45, 2.75) is 38.8 Å². The van der Waals surface area contributed by atoms with Crippen LogP contribution in [-0.2, 0) is 16.1 Å². The van der Waals surface area contributed by atoms with Crippen LogP contribution in [0.25, 0.3) is 11.4 Å². The van der Waals surface area contributed by atoms with Gasteiger partial charge in [0.2, 0.25) is 17.6 Å². The molecule has 24 heavy (non-hydrogen) atoms.